The molecule has 0 bridgehead atoms. The molecule has 1 aliphatic heterocycles. The van der Waals surface area contributed by atoms with Gasteiger partial charge in [0.25, 0.3) is 15.9 Å². The summed E-state index contributed by atoms with van der Waals surface area (Å²) in [6.45, 7) is 4.27. The number of amides is 1. The number of carbonyl (C=O) groups is 1. The summed E-state index contributed by atoms with van der Waals surface area (Å²) in [7, 11) is -3.87. The van der Waals surface area contributed by atoms with Crippen molar-refractivity contribution in [3.8, 4) is 0 Å². The van der Waals surface area contributed by atoms with E-state index in [9.17, 15) is 18.3 Å². The Morgan fingerprint density at radius 3 is 2.29 bits per heavy atom. The second kappa shape index (κ2) is 9.41. The second-order valence-corrected chi connectivity index (χ2v) is 10.8. The summed E-state index contributed by atoms with van der Waals surface area (Å²) in [4.78, 5) is 15.0. The fourth-order valence-corrected chi connectivity index (χ4v) is 5.72. The Balaban J connectivity index is 1.54. The standard InChI is InChI=1S/C26H27ClN2O4S/c1-18-11-12-20(34(32,33)28-24-10-6-3-7-19(24)2)17-21(18)25(30)29-15-13-26(31,14-16-29)22-8-4-5-9-23(22)27/h3-12,17,28,31H,13-16H2,1-2H3. The fourth-order valence-electron chi connectivity index (χ4n) is 4.25. The van der Waals surface area contributed by atoms with Crippen LogP contribution in [0.2, 0.25) is 5.02 Å². The zero-order valence-electron chi connectivity index (χ0n) is 19.1. The van der Waals surface area contributed by atoms with E-state index in [-0.39, 0.29) is 10.8 Å². The van der Waals surface area contributed by atoms with Crippen LogP contribution < -0.4 is 4.72 Å². The maximum absolute atomic E-state index is 13.3. The van der Waals surface area contributed by atoms with Crippen molar-refractivity contribution in [3.63, 3.8) is 0 Å². The largest absolute Gasteiger partial charge is 0.385 e. The lowest BCUT2D eigenvalue weighted by Gasteiger charge is -2.39. The first-order valence-corrected chi connectivity index (χ1v) is 12.9. The lowest BCUT2D eigenvalue weighted by Crippen LogP contribution is -2.45. The molecular weight excluding hydrogens is 472 g/mol. The average molecular weight is 499 g/mol. The van der Waals surface area contributed by atoms with Crippen LogP contribution in [0.3, 0.4) is 0 Å². The van der Waals surface area contributed by atoms with E-state index >= 15 is 0 Å². The number of likely N-dealkylation sites (tertiary alicyclic amines) is 1. The Morgan fingerprint density at radius 1 is 0.971 bits per heavy atom. The molecule has 1 amide bonds. The molecule has 0 saturated carbocycles. The average Bonchev–Trinajstić information content (AvgIpc) is 2.81. The first-order chi connectivity index (χ1) is 16.1. The van der Waals surface area contributed by atoms with Crippen molar-refractivity contribution in [1.29, 1.82) is 0 Å². The molecule has 8 heteroatoms. The zero-order valence-corrected chi connectivity index (χ0v) is 20.7. The van der Waals surface area contributed by atoms with Crippen molar-refractivity contribution >= 4 is 33.2 Å². The highest BCUT2D eigenvalue weighted by atomic mass is 35.5. The first-order valence-electron chi connectivity index (χ1n) is 11.1. The summed E-state index contributed by atoms with van der Waals surface area (Å²) in [6.07, 6.45) is 0.683. The molecule has 0 atom stereocenters. The molecule has 178 valence electrons. The number of hydrogen-bond donors (Lipinski definition) is 2. The van der Waals surface area contributed by atoms with Gasteiger partial charge in [-0.1, -0.05) is 54.1 Å². The van der Waals surface area contributed by atoms with E-state index in [1.807, 2.05) is 31.2 Å². The van der Waals surface area contributed by atoms with E-state index in [1.165, 1.54) is 12.1 Å². The lowest BCUT2D eigenvalue weighted by molar-refractivity contribution is -0.0210. The summed E-state index contributed by atoms with van der Waals surface area (Å²) in [5.41, 5.74) is 1.87. The van der Waals surface area contributed by atoms with Crippen molar-refractivity contribution in [3.05, 3.63) is 94.0 Å². The lowest BCUT2D eigenvalue weighted by atomic mass is 9.84. The maximum Gasteiger partial charge on any atom is 0.261 e. The molecular formula is C26H27ClN2O4S. The van der Waals surface area contributed by atoms with Crippen molar-refractivity contribution in [2.45, 2.75) is 37.2 Å². The molecule has 0 spiro atoms. The third-order valence-corrected chi connectivity index (χ3v) is 8.08. The summed E-state index contributed by atoms with van der Waals surface area (Å²) in [5.74, 6) is -0.258. The first kappa shape index (κ1) is 24.3. The molecule has 3 aromatic rings. The number of benzene rings is 3. The third kappa shape index (κ3) is 4.82. The molecule has 1 aliphatic rings. The number of halogens is 1. The molecule has 1 fully saturated rings. The minimum atomic E-state index is -3.87. The van der Waals surface area contributed by atoms with Gasteiger partial charge in [-0.05, 0) is 62.1 Å². The Labute approximate surface area is 205 Å². The topological polar surface area (TPSA) is 86.7 Å². The van der Waals surface area contributed by atoms with Gasteiger partial charge in [-0.25, -0.2) is 8.42 Å². The van der Waals surface area contributed by atoms with Gasteiger partial charge in [0.2, 0.25) is 0 Å². The number of hydrogen-bond acceptors (Lipinski definition) is 4. The second-order valence-electron chi connectivity index (χ2n) is 8.70. The number of rotatable bonds is 5. The summed E-state index contributed by atoms with van der Waals surface area (Å²) in [6, 6.07) is 18.9. The predicted molar refractivity (Wildman–Crippen MR) is 134 cm³/mol. The highest BCUT2D eigenvalue weighted by molar-refractivity contribution is 7.92. The molecule has 0 aliphatic carbocycles. The molecule has 3 aromatic carbocycles. The fraction of sp³-hybridized carbons (Fsp3) is 0.269. The number of nitrogens with one attached hydrogen (secondary N) is 1. The van der Waals surface area contributed by atoms with E-state index in [0.717, 1.165) is 5.56 Å². The zero-order chi connectivity index (χ0) is 24.5. The molecule has 0 aromatic heterocycles. The van der Waals surface area contributed by atoms with Crippen LogP contribution in [0, 0.1) is 13.8 Å². The Kier molecular flexibility index (Phi) is 6.71. The number of nitrogens with zero attached hydrogens (tertiary/aromatic N) is 1. The van der Waals surface area contributed by atoms with Crippen molar-refractivity contribution in [2.24, 2.45) is 0 Å². The monoisotopic (exact) mass is 498 g/mol. The van der Waals surface area contributed by atoms with Crippen molar-refractivity contribution < 1.29 is 18.3 Å². The quantitative estimate of drug-likeness (QED) is 0.524. The maximum atomic E-state index is 13.3. The van der Waals surface area contributed by atoms with Gasteiger partial charge in [0.1, 0.15) is 0 Å². The number of para-hydroxylation sites is 1. The van der Waals surface area contributed by atoms with Crippen LogP contribution >= 0.6 is 11.6 Å². The highest BCUT2D eigenvalue weighted by Gasteiger charge is 2.37. The number of carbonyl (C=O) groups excluding carboxylic acids is 1. The van der Waals surface area contributed by atoms with E-state index in [4.69, 9.17) is 11.6 Å². The molecule has 34 heavy (non-hydrogen) atoms. The third-order valence-electron chi connectivity index (χ3n) is 6.39. The van der Waals surface area contributed by atoms with Gasteiger partial charge >= 0.3 is 0 Å². The Morgan fingerprint density at radius 2 is 1.62 bits per heavy atom. The van der Waals surface area contributed by atoms with Gasteiger partial charge in [0.05, 0.1) is 16.2 Å². The van der Waals surface area contributed by atoms with Crippen LogP contribution in [0.4, 0.5) is 5.69 Å². The van der Waals surface area contributed by atoms with E-state index in [1.54, 1.807) is 42.2 Å². The molecule has 4 rings (SSSR count). The number of piperidine rings is 1. The van der Waals surface area contributed by atoms with Crippen LogP contribution in [-0.2, 0) is 15.6 Å². The smallest absolute Gasteiger partial charge is 0.261 e. The van der Waals surface area contributed by atoms with Crippen molar-refractivity contribution in [2.75, 3.05) is 17.8 Å². The van der Waals surface area contributed by atoms with Gasteiger partial charge < -0.3 is 10.0 Å². The van der Waals surface area contributed by atoms with Crippen LogP contribution in [0.1, 0.15) is 39.9 Å². The summed E-state index contributed by atoms with van der Waals surface area (Å²) < 4.78 is 28.6. The van der Waals surface area contributed by atoms with Gasteiger partial charge in [-0.2, -0.15) is 0 Å². The highest BCUT2D eigenvalue weighted by Crippen LogP contribution is 2.37. The predicted octanol–water partition coefficient (Wildman–Crippen LogP) is 4.88. The van der Waals surface area contributed by atoms with Gasteiger partial charge in [0.15, 0.2) is 0 Å². The molecule has 1 heterocycles. The van der Waals surface area contributed by atoms with Gasteiger partial charge in [0, 0.05) is 29.2 Å². The van der Waals surface area contributed by atoms with Crippen LogP contribution in [0.5, 0.6) is 0 Å². The number of sulfonamides is 1. The van der Waals surface area contributed by atoms with E-state index in [2.05, 4.69) is 4.72 Å². The molecule has 6 nitrogen and oxygen atoms in total. The minimum absolute atomic E-state index is 0.0225. The van der Waals surface area contributed by atoms with E-state index < -0.39 is 15.6 Å². The molecule has 1 saturated heterocycles. The van der Waals surface area contributed by atoms with Crippen LogP contribution in [0.15, 0.2) is 71.6 Å². The number of aliphatic hydroxyl groups is 1. The normalized spacial score (nSPS) is 15.7. The SMILES string of the molecule is Cc1ccccc1NS(=O)(=O)c1ccc(C)c(C(=O)N2CCC(O)(c3ccccc3Cl)CC2)c1. The van der Waals surface area contributed by atoms with E-state index in [0.29, 0.717) is 53.3 Å². The summed E-state index contributed by atoms with van der Waals surface area (Å²) in [5, 5.41) is 11.7. The Hall–Kier alpha value is -2.87. The number of aryl methyl sites for hydroxylation is 2. The van der Waals surface area contributed by atoms with Crippen LogP contribution in [-0.4, -0.2) is 37.4 Å². The van der Waals surface area contributed by atoms with Crippen molar-refractivity contribution in [1.82, 2.24) is 4.90 Å². The molecule has 2 N–H and O–H groups in total. The van der Waals surface area contributed by atoms with Crippen LogP contribution in [0.25, 0.3) is 0 Å². The van der Waals surface area contributed by atoms with Gasteiger partial charge in [-0.3, -0.25) is 9.52 Å². The number of anilines is 1. The Bertz CT molecular complexity index is 1330. The van der Waals surface area contributed by atoms with Gasteiger partial charge in [-0.15, -0.1) is 0 Å². The minimum Gasteiger partial charge on any atom is -0.385 e. The molecule has 0 radical (unpaired) electrons. The molecule has 0 unspecified atom stereocenters. The summed E-state index contributed by atoms with van der Waals surface area (Å²) >= 11 is 6.29.